The van der Waals surface area contributed by atoms with Gasteiger partial charge in [0.05, 0.1) is 5.69 Å². The minimum absolute atomic E-state index is 0.352. The number of hydrogen-bond acceptors (Lipinski definition) is 2. The van der Waals surface area contributed by atoms with Crippen molar-refractivity contribution in [2.75, 3.05) is 0 Å². The molecule has 2 nitrogen and oxygen atoms in total. The maximum absolute atomic E-state index is 13.5. The van der Waals surface area contributed by atoms with Gasteiger partial charge in [0.25, 0.3) is 0 Å². The highest BCUT2D eigenvalue weighted by molar-refractivity contribution is 5.09. The first kappa shape index (κ1) is 10.1. The van der Waals surface area contributed by atoms with Gasteiger partial charge in [0.2, 0.25) is 0 Å². The van der Waals surface area contributed by atoms with E-state index >= 15 is 0 Å². The Morgan fingerprint density at radius 1 is 1.38 bits per heavy atom. The lowest BCUT2D eigenvalue weighted by molar-refractivity contribution is 0.282. The first-order chi connectivity index (χ1) is 6.09. The summed E-state index contributed by atoms with van der Waals surface area (Å²) in [5.41, 5.74) is 1.32. The van der Waals surface area contributed by atoms with Crippen LogP contribution in [0, 0.1) is 12.8 Å². The number of aryl methyl sites for hydroxylation is 1. The molecule has 0 spiro atoms. The van der Waals surface area contributed by atoms with Gasteiger partial charge in [-0.1, -0.05) is 13.8 Å². The number of aromatic nitrogens is 2. The van der Waals surface area contributed by atoms with Crippen LogP contribution in [0.1, 0.15) is 37.8 Å². The van der Waals surface area contributed by atoms with Crippen molar-refractivity contribution in [2.24, 2.45) is 5.92 Å². The maximum Gasteiger partial charge on any atom is 0.142 e. The fourth-order valence-electron chi connectivity index (χ4n) is 1.18. The van der Waals surface area contributed by atoms with Crippen molar-refractivity contribution in [2.45, 2.75) is 33.4 Å². The summed E-state index contributed by atoms with van der Waals surface area (Å²) in [5, 5.41) is 0. The van der Waals surface area contributed by atoms with Gasteiger partial charge in [-0.2, -0.15) is 0 Å². The first-order valence-corrected chi connectivity index (χ1v) is 4.52. The SMILES string of the molecule is Cc1cc(C(F)CC(C)C)ncn1. The molecule has 0 aliphatic carbocycles. The number of hydrogen-bond donors (Lipinski definition) is 0. The van der Waals surface area contributed by atoms with Crippen molar-refractivity contribution >= 4 is 0 Å². The van der Waals surface area contributed by atoms with Crippen molar-refractivity contribution < 1.29 is 4.39 Å². The maximum atomic E-state index is 13.5. The van der Waals surface area contributed by atoms with Gasteiger partial charge in [-0.3, -0.25) is 0 Å². The molecule has 1 rings (SSSR count). The van der Waals surface area contributed by atoms with Crippen LogP contribution in [0.15, 0.2) is 12.4 Å². The van der Waals surface area contributed by atoms with E-state index in [9.17, 15) is 4.39 Å². The standard InChI is InChI=1S/C10H15FN2/c1-7(2)4-9(11)10-5-8(3)12-6-13-10/h5-7,9H,4H2,1-3H3. The Bertz CT molecular complexity index is 273. The van der Waals surface area contributed by atoms with Crippen LogP contribution in [-0.2, 0) is 0 Å². The Morgan fingerprint density at radius 2 is 2.08 bits per heavy atom. The van der Waals surface area contributed by atoms with E-state index < -0.39 is 6.17 Å². The lowest BCUT2D eigenvalue weighted by atomic mass is 10.0. The average molecular weight is 182 g/mol. The van der Waals surface area contributed by atoms with Gasteiger partial charge in [0.15, 0.2) is 0 Å². The van der Waals surface area contributed by atoms with E-state index in [0.29, 0.717) is 18.0 Å². The Balaban J connectivity index is 2.71. The summed E-state index contributed by atoms with van der Waals surface area (Å²) in [6.07, 6.45) is 0.982. The molecular formula is C10H15FN2. The monoisotopic (exact) mass is 182 g/mol. The quantitative estimate of drug-likeness (QED) is 0.718. The molecule has 0 saturated carbocycles. The Morgan fingerprint density at radius 3 is 2.62 bits per heavy atom. The predicted molar refractivity (Wildman–Crippen MR) is 50.1 cm³/mol. The van der Waals surface area contributed by atoms with E-state index in [4.69, 9.17) is 0 Å². The van der Waals surface area contributed by atoms with E-state index in [0.717, 1.165) is 5.69 Å². The van der Waals surface area contributed by atoms with Gasteiger partial charge in [-0.15, -0.1) is 0 Å². The summed E-state index contributed by atoms with van der Waals surface area (Å²) in [5.74, 6) is 0.352. The topological polar surface area (TPSA) is 25.8 Å². The van der Waals surface area contributed by atoms with Crippen LogP contribution >= 0.6 is 0 Å². The van der Waals surface area contributed by atoms with E-state index in [1.807, 2.05) is 20.8 Å². The molecule has 0 aliphatic heterocycles. The molecule has 1 unspecified atom stereocenters. The van der Waals surface area contributed by atoms with Gasteiger partial charge < -0.3 is 0 Å². The zero-order chi connectivity index (χ0) is 9.84. The minimum Gasteiger partial charge on any atom is -0.242 e. The third-order valence-corrected chi connectivity index (χ3v) is 1.82. The van der Waals surface area contributed by atoms with Gasteiger partial charge in [0, 0.05) is 5.69 Å². The number of alkyl halides is 1. The van der Waals surface area contributed by atoms with E-state index in [2.05, 4.69) is 9.97 Å². The van der Waals surface area contributed by atoms with Gasteiger partial charge in [0.1, 0.15) is 12.5 Å². The molecule has 3 heteroatoms. The molecule has 1 heterocycles. The van der Waals surface area contributed by atoms with Crippen LogP contribution < -0.4 is 0 Å². The summed E-state index contributed by atoms with van der Waals surface area (Å²) < 4.78 is 13.5. The lowest BCUT2D eigenvalue weighted by Gasteiger charge is -2.09. The molecule has 0 aliphatic rings. The summed E-state index contributed by atoms with van der Waals surface area (Å²) in [6.45, 7) is 5.84. The van der Waals surface area contributed by atoms with Gasteiger partial charge >= 0.3 is 0 Å². The van der Waals surface area contributed by atoms with Crippen LogP contribution in [0.5, 0.6) is 0 Å². The first-order valence-electron chi connectivity index (χ1n) is 4.52. The highest BCUT2D eigenvalue weighted by Gasteiger charge is 2.13. The molecule has 1 atom stereocenters. The molecule has 13 heavy (non-hydrogen) atoms. The van der Waals surface area contributed by atoms with Crippen LogP contribution in [0.2, 0.25) is 0 Å². The summed E-state index contributed by atoms with van der Waals surface area (Å²) in [7, 11) is 0. The van der Waals surface area contributed by atoms with Crippen molar-refractivity contribution in [1.82, 2.24) is 9.97 Å². The molecule has 0 aromatic carbocycles. The van der Waals surface area contributed by atoms with E-state index in [-0.39, 0.29) is 0 Å². The summed E-state index contributed by atoms with van der Waals surface area (Å²) in [6, 6.07) is 1.70. The molecule has 72 valence electrons. The van der Waals surface area contributed by atoms with Gasteiger partial charge in [-0.05, 0) is 25.3 Å². The summed E-state index contributed by atoms with van der Waals surface area (Å²) >= 11 is 0. The Kier molecular flexibility index (Phi) is 3.34. The molecular weight excluding hydrogens is 167 g/mol. The average Bonchev–Trinajstić information content (AvgIpc) is 2.03. The van der Waals surface area contributed by atoms with Crippen molar-refractivity contribution in [3.05, 3.63) is 23.8 Å². The number of rotatable bonds is 3. The van der Waals surface area contributed by atoms with Crippen molar-refractivity contribution in [3.63, 3.8) is 0 Å². The second-order valence-corrected chi connectivity index (χ2v) is 3.68. The number of halogens is 1. The fourth-order valence-corrected chi connectivity index (χ4v) is 1.18. The molecule has 1 aromatic rings. The van der Waals surface area contributed by atoms with Gasteiger partial charge in [-0.25, -0.2) is 14.4 Å². The zero-order valence-corrected chi connectivity index (χ0v) is 8.29. The van der Waals surface area contributed by atoms with Crippen LogP contribution in [0.25, 0.3) is 0 Å². The highest BCUT2D eigenvalue weighted by Crippen LogP contribution is 2.23. The number of nitrogens with zero attached hydrogens (tertiary/aromatic N) is 2. The third kappa shape index (κ3) is 3.09. The molecule has 0 bridgehead atoms. The van der Waals surface area contributed by atoms with Crippen LogP contribution in [0.4, 0.5) is 4.39 Å². The largest absolute Gasteiger partial charge is 0.242 e. The molecule has 0 N–H and O–H groups in total. The molecule has 0 amide bonds. The molecule has 0 saturated heterocycles. The fraction of sp³-hybridized carbons (Fsp3) is 0.600. The van der Waals surface area contributed by atoms with E-state index in [1.165, 1.54) is 6.33 Å². The Hall–Kier alpha value is -0.990. The van der Waals surface area contributed by atoms with E-state index in [1.54, 1.807) is 6.07 Å². The molecule has 0 radical (unpaired) electrons. The smallest absolute Gasteiger partial charge is 0.142 e. The normalized spacial score (nSPS) is 13.3. The third-order valence-electron chi connectivity index (χ3n) is 1.82. The van der Waals surface area contributed by atoms with Crippen LogP contribution in [0.3, 0.4) is 0 Å². The zero-order valence-electron chi connectivity index (χ0n) is 8.29. The molecule has 0 fully saturated rings. The minimum atomic E-state index is -0.957. The Labute approximate surface area is 78.2 Å². The predicted octanol–water partition coefficient (Wildman–Crippen LogP) is 2.84. The second-order valence-electron chi connectivity index (χ2n) is 3.68. The lowest BCUT2D eigenvalue weighted by Crippen LogP contribution is -2.01. The van der Waals surface area contributed by atoms with Crippen LogP contribution in [-0.4, -0.2) is 9.97 Å². The summed E-state index contributed by atoms with van der Waals surface area (Å²) in [4.78, 5) is 7.83. The van der Waals surface area contributed by atoms with Crippen molar-refractivity contribution in [1.29, 1.82) is 0 Å². The second kappa shape index (κ2) is 4.30. The van der Waals surface area contributed by atoms with Crippen molar-refractivity contribution in [3.8, 4) is 0 Å². The highest BCUT2D eigenvalue weighted by atomic mass is 19.1. The molecule has 1 aromatic heterocycles.